The van der Waals surface area contributed by atoms with Gasteiger partial charge in [-0.1, -0.05) is 6.07 Å². The Balaban J connectivity index is 1.97. The van der Waals surface area contributed by atoms with Crippen molar-refractivity contribution < 1.29 is 22.6 Å². The van der Waals surface area contributed by atoms with E-state index in [0.29, 0.717) is 24.0 Å². The van der Waals surface area contributed by atoms with Gasteiger partial charge in [0, 0.05) is 45.1 Å². The number of hydrogen-bond donors (Lipinski definition) is 1. The first-order valence-electron chi connectivity index (χ1n) is 9.59. The minimum absolute atomic E-state index is 0.0377. The Labute approximate surface area is 164 Å². The molecular formula is C19H29F3N4O2. The number of rotatable bonds is 8. The third kappa shape index (κ3) is 7.92. The first kappa shape index (κ1) is 22.3. The van der Waals surface area contributed by atoms with Gasteiger partial charge in [-0.15, -0.1) is 0 Å². The lowest BCUT2D eigenvalue weighted by molar-refractivity contribution is -0.154. The summed E-state index contributed by atoms with van der Waals surface area (Å²) in [5, 5.41) is 3.23. The molecule has 9 heteroatoms. The Morgan fingerprint density at radius 1 is 1.39 bits per heavy atom. The summed E-state index contributed by atoms with van der Waals surface area (Å²) >= 11 is 0. The zero-order chi connectivity index (χ0) is 20.4. The van der Waals surface area contributed by atoms with Crippen LogP contribution in [0, 0.1) is 5.92 Å². The predicted molar refractivity (Wildman–Crippen MR) is 101 cm³/mol. The molecule has 1 aliphatic heterocycles. The van der Waals surface area contributed by atoms with Gasteiger partial charge in [0.25, 0.3) is 0 Å². The van der Waals surface area contributed by atoms with Gasteiger partial charge in [-0.3, -0.25) is 0 Å². The number of alkyl halides is 3. The van der Waals surface area contributed by atoms with Gasteiger partial charge in [0.05, 0.1) is 6.54 Å². The molecule has 1 aromatic rings. The van der Waals surface area contributed by atoms with Crippen LogP contribution in [-0.4, -0.2) is 62.0 Å². The molecule has 0 aromatic carbocycles. The number of hydrogen-bond acceptors (Lipinski definition) is 4. The second-order valence-corrected chi connectivity index (χ2v) is 6.81. The molecule has 28 heavy (non-hydrogen) atoms. The summed E-state index contributed by atoms with van der Waals surface area (Å²) < 4.78 is 47.5. The monoisotopic (exact) mass is 402 g/mol. The summed E-state index contributed by atoms with van der Waals surface area (Å²) in [6.07, 6.45) is 0.215. The highest BCUT2D eigenvalue weighted by molar-refractivity contribution is 5.79. The Morgan fingerprint density at radius 2 is 2.14 bits per heavy atom. The van der Waals surface area contributed by atoms with Crippen molar-refractivity contribution in [1.29, 1.82) is 0 Å². The van der Waals surface area contributed by atoms with Crippen LogP contribution in [0.5, 0.6) is 5.88 Å². The minimum atomic E-state index is -4.41. The van der Waals surface area contributed by atoms with Crippen LogP contribution < -0.4 is 10.1 Å². The predicted octanol–water partition coefficient (Wildman–Crippen LogP) is 3.24. The maximum absolute atomic E-state index is 12.4. The molecule has 0 spiro atoms. The van der Waals surface area contributed by atoms with E-state index in [4.69, 9.17) is 9.47 Å². The summed E-state index contributed by atoms with van der Waals surface area (Å²) in [7, 11) is 1.96. The first-order valence-corrected chi connectivity index (χ1v) is 9.59. The van der Waals surface area contributed by atoms with Gasteiger partial charge in [-0.2, -0.15) is 13.2 Å². The van der Waals surface area contributed by atoms with Gasteiger partial charge in [-0.05, 0) is 38.2 Å². The summed E-state index contributed by atoms with van der Waals surface area (Å²) in [6.45, 7) is 3.99. The molecule has 6 nitrogen and oxygen atoms in total. The quantitative estimate of drug-likeness (QED) is 0.534. The lowest BCUT2D eigenvalue weighted by Gasteiger charge is -2.27. The number of guanidine groups is 1. The topological polar surface area (TPSA) is 59.0 Å². The van der Waals surface area contributed by atoms with Crippen molar-refractivity contribution in [2.45, 2.75) is 38.9 Å². The minimum Gasteiger partial charge on any atom is -0.468 e. The van der Waals surface area contributed by atoms with Crippen molar-refractivity contribution in [2.24, 2.45) is 10.9 Å². The largest absolute Gasteiger partial charge is 0.468 e. The maximum Gasteiger partial charge on any atom is 0.422 e. The van der Waals surface area contributed by atoms with Crippen LogP contribution in [0.4, 0.5) is 13.2 Å². The Hall–Kier alpha value is -2.03. The molecule has 0 bridgehead atoms. The van der Waals surface area contributed by atoms with E-state index in [2.05, 4.69) is 15.3 Å². The number of aliphatic imine (C=N–C) groups is 1. The van der Waals surface area contributed by atoms with Gasteiger partial charge in [0.2, 0.25) is 5.88 Å². The van der Waals surface area contributed by atoms with E-state index in [1.807, 2.05) is 18.9 Å². The van der Waals surface area contributed by atoms with Crippen LogP contribution in [0.3, 0.4) is 0 Å². The number of aromatic nitrogens is 1. The van der Waals surface area contributed by atoms with Crippen molar-refractivity contribution in [3.63, 3.8) is 0 Å². The van der Waals surface area contributed by atoms with Crippen LogP contribution in [0.2, 0.25) is 0 Å². The second kappa shape index (κ2) is 11.1. The zero-order valence-corrected chi connectivity index (χ0v) is 16.5. The molecule has 0 aliphatic carbocycles. The molecule has 2 rings (SSSR count). The van der Waals surface area contributed by atoms with Gasteiger partial charge in [0.15, 0.2) is 12.6 Å². The molecule has 1 fully saturated rings. The van der Waals surface area contributed by atoms with Gasteiger partial charge in [-0.25, -0.2) is 9.98 Å². The molecule has 1 saturated heterocycles. The van der Waals surface area contributed by atoms with Gasteiger partial charge in [0.1, 0.15) is 0 Å². The third-order valence-corrected chi connectivity index (χ3v) is 4.53. The maximum atomic E-state index is 12.4. The number of nitrogens with zero attached hydrogens (tertiary/aromatic N) is 3. The van der Waals surface area contributed by atoms with E-state index < -0.39 is 12.8 Å². The lowest BCUT2D eigenvalue weighted by Crippen LogP contribution is -2.40. The first-order chi connectivity index (χ1) is 13.4. The number of halogens is 3. The highest BCUT2D eigenvalue weighted by Gasteiger charge is 2.29. The van der Waals surface area contributed by atoms with Crippen LogP contribution in [0.25, 0.3) is 0 Å². The Kier molecular flexibility index (Phi) is 8.82. The standard InChI is InChI=1S/C19H29F3N4O2/c1-3-23-18(26(2)10-6-15-7-11-27-12-8-15)25-13-16-5-4-9-24-17(16)28-14-19(20,21)22/h4-5,9,15H,3,6-8,10-14H2,1-2H3,(H,23,25). The average molecular weight is 402 g/mol. The summed E-state index contributed by atoms with van der Waals surface area (Å²) in [6, 6.07) is 3.33. The van der Waals surface area contributed by atoms with Crippen molar-refractivity contribution in [3.8, 4) is 5.88 Å². The van der Waals surface area contributed by atoms with E-state index in [1.165, 1.54) is 6.20 Å². The molecule has 0 atom stereocenters. The number of ether oxygens (including phenoxy) is 2. The third-order valence-electron chi connectivity index (χ3n) is 4.53. The highest BCUT2D eigenvalue weighted by atomic mass is 19.4. The molecule has 0 unspecified atom stereocenters. The second-order valence-electron chi connectivity index (χ2n) is 6.81. The van der Waals surface area contributed by atoms with Crippen molar-refractivity contribution in [3.05, 3.63) is 23.9 Å². The molecular weight excluding hydrogens is 373 g/mol. The fraction of sp³-hybridized carbons (Fsp3) is 0.684. The lowest BCUT2D eigenvalue weighted by atomic mass is 9.96. The molecule has 1 aliphatic rings. The molecule has 2 heterocycles. The smallest absolute Gasteiger partial charge is 0.422 e. The summed E-state index contributed by atoms with van der Waals surface area (Å²) in [5.74, 6) is 1.32. The molecule has 0 radical (unpaired) electrons. The molecule has 0 amide bonds. The molecule has 158 valence electrons. The fourth-order valence-corrected chi connectivity index (χ4v) is 2.97. The van der Waals surface area contributed by atoms with E-state index >= 15 is 0 Å². The van der Waals surface area contributed by atoms with Crippen molar-refractivity contribution >= 4 is 5.96 Å². The van der Waals surface area contributed by atoms with Crippen LogP contribution >= 0.6 is 0 Å². The number of pyridine rings is 1. The van der Waals surface area contributed by atoms with Crippen molar-refractivity contribution in [1.82, 2.24) is 15.2 Å². The Bertz CT molecular complexity index is 619. The van der Waals surface area contributed by atoms with Crippen LogP contribution in [-0.2, 0) is 11.3 Å². The molecule has 1 aromatic heterocycles. The Morgan fingerprint density at radius 3 is 2.82 bits per heavy atom. The average Bonchev–Trinajstić information content (AvgIpc) is 2.68. The van der Waals surface area contributed by atoms with Gasteiger partial charge >= 0.3 is 6.18 Å². The van der Waals surface area contributed by atoms with Crippen LogP contribution in [0.1, 0.15) is 31.7 Å². The van der Waals surface area contributed by atoms with Gasteiger partial charge < -0.3 is 19.7 Å². The van der Waals surface area contributed by atoms with Crippen molar-refractivity contribution in [2.75, 3.05) is 40.0 Å². The SMILES string of the molecule is CCNC(=NCc1cccnc1OCC(F)(F)F)N(C)CCC1CCOCC1. The van der Waals surface area contributed by atoms with E-state index in [1.54, 1.807) is 12.1 Å². The van der Waals surface area contributed by atoms with E-state index in [0.717, 1.165) is 39.0 Å². The molecule has 0 saturated carbocycles. The van der Waals surface area contributed by atoms with E-state index in [-0.39, 0.29) is 12.4 Å². The van der Waals surface area contributed by atoms with E-state index in [9.17, 15) is 13.2 Å². The highest BCUT2D eigenvalue weighted by Crippen LogP contribution is 2.21. The normalized spacial score (nSPS) is 16.1. The number of nitrogens with one attached hydrogen (secondary N) is 1. The summed E-state index contributed by atoms with van der Waals surface area (Å²) in [5.41, 5.74) is 0.514. The fourth-order valence-electron chi connectivity index (χ4n) is 2.97. The molecule has 1 N–H and O–H groups in total. The summed E-state index contributed by atoms with van der Waals surface area (Å²) in [4.78, 5) is 10.5. The zero-order valence-electron chi connectivity index (χ0n) is 16.5. The van der Waals surface area contributed by atoms with Crippen LogP contribution in [0.15, 0.2) is 23.3 Å².